The minimum absolute atomic E-state index is 0.00954. The molecular weight excluding hydrogens is 402 g/mol. The van der Waals surface area contributed by atoms with Crippen molar-refractivity contribution in [1.29, 1.82) is 0 Å². The summed E-state index contributed by atoms with van der Waals surface area (Å²) in [6.07, 6.45) is 7.45. The van der Waals surface area contributed by atoms with E-state index in [1.807, 2.05) is 30.3 Å². The number of morpholine rings is 1. The summed E-state index contributed by atoms with van der Waals surface area (Å²) in [5.74, 6) is -0.122. The summed E-state index contributed by atoms with van der Waals surface area (Å²) >= 11 is 0. The van der Waals surface area contributed by atoms with Gasteiger partial charge in [0.05, 0.1) is 13.2 Å². The molecule has 0 bridgehead atoms. The molecule has 1 saturated heterocycles. The molecule has 8 heteroatoms. The Morgan fingerprint density at radius 2 is 1.80 bits per heavy atom. The molecule has 1 saturated carbocycles. The number of hydrogen-bond donors (Lipinski definition) is 2. The van der Waals surface area contributed by atoms with Gasteiger partial charge in [0, 0.05) is 43.5 Å². The first-order valence-corrected chi connectivity index (χ1v) is 12.4. The molecule has 1 aromatic rings. The Labute approximate surface area is 179 Å². The van der Waals surface area contributed by atoms with E-state index in [2.05, 4.69) is 14.9 Å². The molecular formula is C22H33N3O4S. The number of carbonyl (C=O) groups is 1. The minimum atomic E-state index is -3.57. The molecule has 0 atom stereocenters. The molecule has 2 N–H and O–H groups in total. The van der Waals surface area contributed by atoms with Gasteiger partial charge in [-0.2, -0.15) is 0 Å². The van der Waals surface area contributed by atoms with Gasteiger partial charge in [-0.1, -0.05) is 49.6 Å². The van der Waals surface area contributed by atoms with E-state index in [-0.39, 0.29) is 24.4 Å². The topological polar surface area (TPSA) is 87.7 Å². The van der Waals surface area contributed by atoms with Gasteiger partial charge in [-0.3, -0.25) is 9.69 Å². The number of nitrogens with one attached hydrogen (secondary N) is 2. The van der Waals surface area contributed by atoms with Crippen LogP contribution in [-0.4, -0.2) is 64.2 Å². The zero-order chi connectivity index (χ0) is 21.3. The quantitative estimate of drug-likeness (QED) is 0.620. The van der Waals surface area contributed by atoms with Gasteiger partial charge in [-0.05, 0) is 24.5 Å². The van der Waals surface area contributed by atoms with Gasteiger partial charge in [0.2, 0.25) is 15.9 Å². The standard InChI is InChI=1S/C22H33N3O4S/c26-21(9-13-24-30(27,28)18-10-20-7-3-1-4-8-20)23-19-22(11-5-2-6-12-22)25-14-16-29-17-15-25/h1,3-4,7-8,10,18,24H,2,5-6,9,11-17,19H2,(H,23,26)/b18-10+. The number of sulfonamides is 1. The Kier molecular flexibility index (Phi) is 8.44. The van der Waals surface area contributed by atoms with Crippen molar-refractivity contribution >= 4 is 22.0 Å². The maximum Gasteiger partial charge on any atom is 0.233 e. The van der Waals surface area contributed by atoms with Crippen molar-refractivity contribution in [3.8, 4) is 0 Å². The Hall–Kier alpha value is -1.74. The molecule has 0 aromatic heterocycles. The Morgan fingerprint density at radius 3 is 2.50 bits per heavy atom. The second-order valence-electron chi connectivity index (χ2n) is 8.06. The van der Waals surface area contributed by atoms with Gasteiger partial charge in [0.1, 0.15) is 0 Å². The van der Waals surface area contributed by atoms with E-state index in [4.69, 9.17) is 4.74 Å². The molecule has 1 heterocycles. The van der Waals surface area contributed by atoms with E-state index in [0.29, 0.717) is 6.54 Å². The van der Waals surface area contributed by atoms with E-state index >= 15 is 0 Å². The summed E-state index contributed by atoms with van der Waals surface area (Å²) in [5.41, 5.74) is 0.816. The van der Waals surface area contributed by atoms with Crippen molar-refractivity contribution in [1.82, 2.24) is 14.9 Å². The summed E-state index contributed by atoms with van der Waals surface area (Å²) in [6, 6.07) is 9.23. The fraction of sp³-hybridized carbons (Fsp3) is 0.591. The largest absolute Gasteiger partial charge is 0.379 e. The molecule has 0 unspecified atom stereocenters. The average Bonchev–Trinajstić information content (AvgIpc) is 2.78. The van der Waals surface area contributed by atoms with Crippen LogP contribution in [0.5, 0.6) is 0 Å². The highest BCUT2D eigenvalue weighted by molar-refractivity contribution is 7.92. The molecule has 2 fully saturated rings. The summed E-state index contributed by atoms with van der Waals surface area (Å²) in [6.45, 7) is 4.00. The zero-order valence-electron chi connectivity index (χ0n) is 17.5. The van der Waals surface area contributed by atoms with Gasteiger partial charge in [-0.15, -0.1) is 0 Å². The van der Waals surface area contributed by atoms with E-state index < -0.39 is 10.0 Å². The summed E-state index contributed by atoms with van der Waals surface area (Å²) in [7, 11) is -3.57. The Bertz CT molecular complexity index is 799. The van der Waals surface area contributed by atoms with E-state index in [1.165, 1.54) is 25.3 Å². The lowest BCUT2D eigenvalue weighted by Gasteiger charge is -2.48. The maximum absolute atomic E-state index is 12.4. The van der Waals surface area contributed by atoms with Gasteiger partial charge >= 0.3 is 0 Å². The van der Waals surface area contributed by atoms with Crippen molar-refractivity contribution in [2.75, 3.05) is 39.4 Å². The second kappa shape index (κ2) is 11.0. The molecule has 1 amide bonds. The minimum Gasteiger partial charge on any atom is -0.379 e. The predicted molar refractivity (Wildman–Crippen MR) is 118 cm³/mol. The zero-order valence-corrected chi connectivity index (χ0v) is 18.3. The fourth-order valence-corrected chi connectivity index (χ4v) is 5.11. The summed E-state index contributed by atoms with van der Waals surface area (Å²) in [5, 5.41) is 4.19. The molecule has 0 spiro atoms. The first-order chi connectivity index (χ1) is 14.5. The fourth-order valence-electron chi connectivity index (χ4n) is 4.29. The lowest BCUT2D eigenvalue weighted by molar-refractivity contribution is -0.122. The van der Waals surface area contributed by atoms with Gasteiger partial charge in [-0.25, -0.2) is 13.1 Å². The summed E-state index contributed by atoms with van der Waals surface area (Å²) < 4.78 is 32.2. The van der Waals surface area contributed by atoms with Gasteiger partial charge in [0.15, 0.2) is 0 Å². The lowest BCUT2D eigenvalue weighted by Crippen LogP contribution is -2.59. The second-order valence-corrected chi connectivity index (χ2v) is 9.71. The van der Waals surface area contributed by atoms with Gasteiger partial charge in [0.25, 0.3) is 0 Å². The first kappa shape index (κ1) is 22.9. The van der Waals surface area contributed by atoms with Crippen LogP contribution in [0, 0.1) is 0 Å². The molecule has 30 heavy (non-hydrogen) atoms. The third-order valence-electron chi connectivity index (χ3n) is 5.98. The smallest absolute Gasteiger partial charge is 0.233 e. The number of amides is 1. The SMILES string of the molecule is O=C(CCNS(=O)(=O)/C=C/c1ccccc1)NCC1(N2CCOCC2)CCCCC1. The van der Waals surface area contributed by atoms with E-state index in [1.54, 1.807) is 0 Å². The molecule has 1 aliphatic heterocycles. The predicted octanol–water partition coefficient (Wildman–Crippen LogP) is 2.12. The normalized spacial score (nSPS) is 20.3. The van der Waals surface area contributed by atoms with Crippen LogP contribution in [0.15, 0.2) is 35.7 Å². The number of nitrogens with zero attached hydrogens (tertiary/aromatic N) is 1. The van der Waals surface area contributed by atoms with E-state index in [0.717, 1.165) is 50.1 Å². The molecule has 0 radical (unpaired) electrons. The molecule has 7 nitrogen and oxygen atoms in total. The van der Waals surface area contributed by atoms with Crippen molar-refractivity contribution in [3.05, 3.63) is 41.3 Å². The van der Waals surface area contributed by atoms with Crippen molar-refractivity contribution < 1.29 is 17.9 Å². The molecule has 1 aromatic carbocycles. The molecule has 1 aliphatic carbocycles. The third-order valence-corrected chi connectivity index (χ3v) is 7.08. The van der Waals surface area contributed by atoms with Crippen LogP contribution in [0.3, 0.4) is 0 Å². The van der Waals surface area contributed by atoms with E-state index in [9.17, 15) is 13.2 Å². The Morgan fingerprint density at radius 1 is 1.10 bits per heavy atom. The highest BCUT2D eigenvalue weighted by atomic mass is 32.2. The van der Waals surface area contributed by atoms with Crippen LogP contribution in [0.1, 0.15) is 44.1 Å². The van der Waals surface area contributed by atoms with Crippen LogP contribution >= 0.6 is 0 Å². The van der Waals surface area contributed by atoms with Crippen LogP contribution in [0.2, 0.25) is 0 Å². The van der Waals surface area contributed by atoms with Crippen LogP contribution < -0.4 is 10.0 Å². The molecule has 2 aliphatic rings. The maximum atomic E-state index is 12.4. The van der Waals surface area contributed by atoms with Crippen molar-refractivity contribution in [2.45, 2.75) is 44.1 Å². The Balaban J connectivity index is 1.44. The summed E-state index contributed by atoms with van der Waals surface area (Å²) in [4.78, 5) is 14.8. The van der Waals surface area contributed by atoms with Crippen molar-refractivity contribution in [3.63, 3.8) is 0 Å². The monoisotopic (exact) mass is 435 g/mol. The molecule has 166 valence electrons. The number of carbonyl (C=O) groups excluding carboxylic acids is 1. The number of benzene rings is 1. The first-order valence-electron chi connectivity index (χ1n) is 10.8. The van der Waals surface area contributed by atoms with Crippen LogP contribution in [0.4, 0.5) is 0 Å². The average molecular weight is 436 g/mol. The van der Waals surface area contributed by atoms with Crippen molar-refractivity contribution in [2.24, 2.45) is 0 Å². The highest BCUT2D eigenvalue weighted by Crippen LogP contribution is 2.33. The molecule has 3 rings (SSSR count). The van der Waals surface area contributed by atoms with Crippen LogP contribution in [0.25, 0.3) is 6.08 Å². The number of hydrogen-bond acceptors (Lipinski definition) is 5. The highest BCUT2D eigenvalue weighted by Gasteiger charge is 2.38. The lowest BCUT2D eigenvalue weighted by atomic mass is 9.79. The third kappa shape index (κ3) is 6.91. The number of ether oxygens (including phenoxy) is 1. The number of rotatable bonds is 9. The van der Waals surface area contributed by atoms with Gasteiger partial charge < -0.3 is 10.1 Å². The van der Waals surface area contributed by atoms with Crippen LogP contribution in [-0.2, 0) is 19.6 Å².